The van der Waals surface area contributed by atoms with Crippen LogP contribution in [-0.2, 0) is 9.53 Å². The third-order valence-corrected chi connectivity index (χ3v) is 1.77. The zero-order chi connectivity index (χ0) is 7.78. The highest BCUT2D eigenvalue weighted by atomic mass is 16.5. The zero-order valence-corrected chi connectivity index (χ0v) is 5.76. The summed E-state index contributed by atoms with van der Waals surface area (Å²) in [5.74, 6) is 1.89. The number of carbonyl (C=O) groups excluding carboxylic acids is 1. The normalized spacial score (nSPS) is 36.3. The van der Waals surface area contributed by atoms with Crippen molar-refractivity contribution < 1.29 is 9.53 Å². The molecule has 0 amide bonds. The number of hydrogen-bond donors (Lipinski definition) is 1. The van der Waals surface area contributed by atoms with Crippen LogP contribution in [0, 0.1) is 18.3 Å². The van der Waals surface area contributed by atoms with Crippen LogP contribution in [0.2, 0.25) is 0 Å². The first-order valence-corrected chi connectivity index (χ1v) is 2.98. The minimum Gasteiger partial charge on any atom is -0.468 e. The summed E-state index contributed by atoms with van der Waals surface area (Å²) in [6, 6.07) is 0. The summed E-state index contributed by atoms with van der Waals surface area (Å²) in [6.45, 7) is 0. The number of carbonyl (C=O) groups is 1. The van der Waals surface area contributed by atoms with Crippen molar-refractivity contribution in [1.29, 1.82) is 0 Å². The number of nitrogens with two attached hydrogens (primary N) is 1. The van der Waals surface area contributed by atoms with E-state index in [0.29, 0.717) is 6.42 Å². The molecule has 3 nitrogen and oxygen atoms in total. The van der Waals surface area contributed by atoms with Gasteiger partial charge in [-0.3, -0.25) is 4.79 Å². The van der Waals surface area contributed by atoms with Crippen molar-refractivity contribution >= 4 is 5.97 Å². The maximum atomic E-state index is 10.8. The van der Waals surface area contributed by atoms with E-state index in [1.165, 1.54) is 7.11 Å². The van der Waals surface area contributed by atoms with Crippen molar-refractivity contribution in [3.05, 3.63) is 0 Å². The third-order valence-electron chi connectivity index (χ3n) is 1.77. The van der Waals surface area contributed by atoms with E-state index in [1.54, 1.807) is 0 Å². The van der Waals surface area contributed by atoms with E-state index >= 15 is 0 Å². The molecule has 0 spiro atoms. The lowest BCUT2D eigenvalue weighted by Gasteiger charge is -2.04. The van der Waals surface area contributed by atoms with Gasteiger partial charge in [0.1, 0.15) is 5.54 Å². The number of hydrogen-bond acceptors (Lipinski definition) is 3. The fourth-order valence-electron chi connectivity index (χ4n) is 0.902. The predicted octanol–water partition coefficient (Wildman–Crippen LogP) is -0.490. The summed E-state index contributed by atoms with van der Waals surface area (Å²) in [5, 5.41) is 0. The van der Waals surface area contributed by atoms with Crippen LogP contribution in [0.25, 0.3) is 0 Å². The molecule has 0 radical (unpaired) electrons. The molecule has 0 saturated heterocycles. The van der Waals surface area contributed by atoms with Gasteiger partial charge in [0.25, 0.3) is 0 Å². The Bertz CT molecular complexity index is 206. The number of esters is 1. The molecular formula is C7H9NO2. The molecular weight excluding hydrogens is 130 g/mol. The largest absolute Gasteiger partial charge is 0.468 e. The molecule has 1 fully saturated rings. The van der Waals surface area contributed by atoms with Crippen LogP contribution in [0.15, 0.2) is 0 Å². The Labute approximate surface area is 59.5 Å². The first-order valence-electron chi connectivity index (χ1n) is 2.98. The van der Waals surface area contributed by atoms with Crippen molar-refractivity contribution in [1.82, 2.24) is 0 Å². The van der Waals surface area contributed by atoms with E-state index in [2.05, 4.69) is 10.7 Å². The first-order chi connectivity index (χ1) is 4.65. The van der Waals surface area contributed by atoms with Gasteiger partial charge in [0.05, 0.1) is 13.0 Å². The van der Waals surface area contributed by atoms with E-state index in [1.807, 2.05) is 0 Å². The molecule has 0 aromatic rings. The molecule has 1 aliphatic rings. The molecule has 0 aromatic heterocycles. The van der Waals surface area contributed by atoms with Crippen LogP contribution in [-0.4, -0.2) is 18.6 Å². The molecule has 0 bridgehead atoms. The zero-order valence-electron chi connectivity index (χ0n) is 5.76. The Morgan fingerprint density at radius 3 is 2.90 bits per heavy atom. The third kappa shape index (κ3) is 0.775. The number of terminal acetylenes is 1. The second-order valence-corrected chi connectivity index (χ2v) is 2.46. The molecule has 1 aliphatic carbocycles. The van der Waals surface area contributed by atoms with Gasteiger partial charge < -0.3 is 10.5 Å². The molecule has 2 N–H and O–H groups in total. The summed E-state index contributed by atoms with van der Waals surface area (Å²) in [4.78, 5) is 10.8. The van der Waals surface area contributed by atoms with Crippen LogP contribution in [0.1, 0.15) is 6.42 Å². The second kappa shape index (κ2) is 1.99. The topological polar surface area (TPSA) is 52.3 Å². The summed E-state index contributed by atoms with van der Waals surface area (Å²) in [5.41, 5.74) is 4.67. The summed E-state index contributed by atoms with van der Waals surface area (Å²) in [6.07, 6.45) is 5.62. The monoisotopic (exact) mass is 139 g/mol. The van der Waals surface area contributed by atoms with Crippen LogP contribution in [0.5, 0.6) is 0 Å². The fourth-order valence-corrected chi connectivity index (χ4v) is 0.902. The van der Waals surface area contributed by atoms with Crippen LogP contribution in [0.4, 0.5) is 0 Å². The van der Waals surface area contributed by atoms with Crippen molar-refractivity contribution in [2.75, 3.05) is 7.11 Å². The maximum absolute atomic E-state index is 10.8. The average Bonchev–Trinajstić information content (AvgIpc) is 2.61. The molecule has 0 aliphatic heterocycles. The van der Waals surface area contributed by atoms with E-state index in [4.69, 9.17) is 12.2 Å². The van der Waals surface area contributed by atoms with E-state index in [0.717, 1.165) is 0 Å². The van der Waals surface area contributed by atoms with Gasteiger partial charge in [-0.25, -0.2) is 0 Å². The number of methoxy groups -OCH3 is 1. The second-order valence-electron chi connectivity index (χ2n) is 2.46. The molecule has 3 heteroatoms. The van der Waals surface area contributed by atoms with E-state index < -0.39 is 11.5 Å². The Kier molecular flexibility index (Phi) is 1.42. The van der Waals surface area contributed by atoms with E-state index in [9.17, 15) is 4.79 Å². The Hall–Kier alpha value is -1.01. The van der Waals surface area contributed by atoms with Crippen LogP contribution in [0.3, 0.4) is 0 Å². The molecule has 10 heavy (non-hydrogen) atoms. The lowest BCUT2D eigenvalue weighted by molar-refractivity contribution is -0.143. The van der Waals surface area contributed by atoms with Gasteiger partial charge in [-0.15, -0.1) is 12.3 Å². The lowest BCUT2D eigenvalue weighted by atomic mass is 10.2. The van der Waals surface area contributed by atoms with Gasteiger partial charge >= 0.3 is 5.97 Å². The summed E-state index contributed by atoms with van der Waals surface area (Å²) < 4.78 is 4.45. The van der Waals surface area contributed by atoms with Gasteiger partial charge in [0, 0.05) is 0 Å². The standard InChI is InChI=1S/C7H9NO2/c1-3-5-4-7(5,8)6(9)10-2/h1,5H,4,8H2,2H3/t5-,7+/m0/s1. The molecule has 2 atom stereocenters. The van der Waals surface area contributed by atoms with Crippen molar-refractivity contribution in [2.45, 2.75) is 12.0 Å². The molecule has 0 heterocycles. The van der Waals surface area contributed by atoms with Gasteiger partial charge in [0.2, 0.25) is 0 Å². The highest BCUT2D eigenvalue weighted by molar-refractivity contribution is 5.85. The predicted molar refractivity (Wildman–Crippen MR) is 35.9 cm³/mol. The number of ether oxygens (including phenoxy) is 1. The van der Waals surface area contributed by atoms with Gasteiger partial charge in [-0.05, 0) is 6.42 Å². The fraction of sp³-hybridized carbons (Fsp3) is 0.571. The maximum Gasteiger partial charge on any atom is 0.327 e. The smallest absolute Gasteiger partial charge is 0.327 e. The Balaban J connectivity index is 2.60. The quantitative estimate of drug-likeness (QED) is 0.394. The molecule has 0 aromatic carbocycles. The Morgan fingerprint density at radius 1 is 2.00 bits per heavy atom. The van der Waals surface area contributed by atoms with Gasteiger partial charge in [-0.1, -0.05) is 0 Å². The molecule has 1 saturated carbocycles. The van der Waals surface area contributed by atoms with Crippen LogP contribution >= 0.6 is 0 Å². The van der Waals surface area contributed by atoms with Crippen LogP contribution < -0.4 is 5.73 Å². The lowest BCUT2D eigenvalue weighted by Crippen LogP contribution is -2.36. The Morgan fingerprint density at radius 2 is 2.60 bits per heavy atom. The molecule has 0 unspecified atom stereocenters. The minimum atomic E-state index is -0.872. The average molecular weight is 139 g/mol. The van der Waals surface area contributed by atoms with Gasteiger partial charge in [0.15, 0.2) is 0 Å². The summed E-state index contributed by atoms with van der Waals surface area (Å²) >= 11 is 0. The van der Waals surface area contributed by atoms with Crippen molar-refractivity contribution in [3.8, 4) is 12.3 Å². The highest BCUT2D eigenvalue weighted by Crippen LogP contribution is 2.40. The first kappa shape index (κ1) is 7.10. The molecule has 1 rings (SSSR count). The highest BCUT2D eigenvalue weighted by Gasteiger charge is 2.57. The minimum absolute atomic E-state index is 0.125. The number of rotatable bonds is 1. The molecule has 54 valence electrons. The van der Waals surface area contributed by atoms with Crippen molar-refractivity contribution in [3.63, 3.8) is 0 Å². The SMILES string of the molecule is C#C[C@H]1C[C@]1(N)C(=O)OC. The van der Waals surface area contributed by atoms with Gasteiger partial charge in [-0.2, -0.15) is 0 Å². The van der Waals surface area contributed by atoms with E-state index in [-0.39, 0.29) is 5.92 Å². The van der Waals surface area contributed by atoms with Crippen molar-refractivity contribution in [2.24, 2.45) is 11.7 Å². The summed E-state index contributed by atoms with van der Waals surface area (Å²) in [7, 11) is 1.31.